The van der Waals surface area contributed by atoms with Crippen molar-refractivity contribution in [2.45, 2.75) is 90.9 Å². The Morgan fingerprint density at radius 2 is 1.07 bits per heavy atom. The number of rotatable bonds is 12. The summed E-state index contributed by atoms with van der Waals surface area (Å²) in [7, 11) is 4.28. The molecule has 0 amide bonds. The molecule has 0 aliphatic rings. The van der Waals surface area contributed by atoms with Gasteiger partial charge in [0, 0.05) is 28.2 Å². The second kappa shape index (κ2) is 12.0. The van der Waals surface area contributed by atoms with Gasteiger partial charge in [-0.1, -0.05) is 64.7 Å². The molecule has 154 valence electrons. The standard InChI is InChI=1S/C26H42N2/c1-6-7-8-9-10-11-12-13-14-15-26(24-16-22(2)18-27(4)20-24)25-17-23(3)19-28(5)21-25/h16-21,26H,6-15H2,1-5H3/q+2. The van der Waals surface area contributed by atoms with E-state index in [2.05, 4.69) is 80.9 Å². The summed E-state index contributed by atoms with van der Waals surface area (Å²) in [5.41, 5.74) is 5.59. The lowest BCUT2D eigenvalue weighted by molar-refractivity contribution is -0.672. The van der Waals surface area contributed by atoms with Gasteiger partial charge in [-0.05, 0) is 32.4 Å². The van der Waals surface area contributed by atoms with E-state index in [9.17, 15) is 0 Å². The average molecular weight is 383 g/mol. The molecular weight excluding hydrogens is 340 g/mol. The van der Waals surface area contributed by atoms with Gasteiger partial charge in [0.15, 0.2) is 24.8 Å². The number of aromatic nitrogens is 2. The zero-order valence-corrected chi connectivity index (χ0v) is 19.0. The summed E-state index contributed by atoms with van der Waals surface area (Å²) in [5, 5.41) is 0. The molecule has 0 radical (unpaired) electrons. The Bertz CT molecular complexity index is 628. The lowest BCUT2D eigenvalue weighted by Gasteiger charge is -2.17. The van der Waals surface area contributed by atoms with Gasteiger partial charge in [-0.2, -0.15) is 0 Å². The monoisotopic (exact) mass is 382 g/mol. The number of pyridine rings is 2. The van der Waals surface area contributed by atoms with E-state index in [0.717, 1.165) is 0 Å². The summed E-state index contributed by atoms with van der Waals surface area (Å²) in [6.07, 6.45) is 22.8. The number of hydrogen-bond acceptors (Lipinski definition) is 0. The Kier molecular flexibility index (Phi) is 9.67. The zero-order valence-electron chi connectivity index (χ0n) is 19.0. The first-order valence-electron chi connectivity index (χ1n) is 11.4. The van der Waals surface area contributed by atoms with Gasteiger partial charge >= 0.3 is 0 Å². The average Bonchev–Trinajstić information content (AvgIpc) is 2.61. The van der Waals surface area contributed by atoms with Crippen molar-refractivity contribution in [3.8, 4) is 0 Å². The molecular formula is C26H42N2+2. The first-order chi connectivity index (χ1) is 13.5. The minimum absolute atomic E-state index is 0.488. The highest BCUT2D eigenvalue weighted by Crippen LogP contribution is 2.30. The van der Waals surface area contributed by atoms with Crippen molar-refractivity contribution in [3.63, 3.8) is 0 Å². The molecule has 2 heterocycles. The van der Waals surface area contributed by atoms with Crippen molar-refractivity contribution >= 4 is 0 Å². The molecule has 0 spiro atoms. The maximum absolute atomic E-state index is 2.38. The smallest absolute Gasteiger partial charge is 0.172 e. The lowest BCUT2D eigenvalue weighted by Crippen LogP contribution is -2.30. The van der Waals surface area contributed by atoms with Crippen molar-refractivity contribution < 1.29 is 9.13 Å². The SMILES string of the molecule is CCCCCCCCCCCC(c1cc(C)c[n+](C)c1)c1cc(C)c[n+](C)c1. The second-order valence-electron chi connectivity index (χ2n) is 8.79. The van der Waals surface area contributed by atoms with Crippen LogP contribution in [0.2, 0.25) is 0 Å². The molecule has 0 bridgehead atoms. The van der Waals surface area contributed by atoms with Gasteiger partial charge < -0.3 is 0 Å². The van der Waals surface area contributed by atoms with Crippen LogP contribution in [0, 0.1) is 13.8 Å². The minimum atomic E-state index is 0.488. The summed E-state index contributed by atoms with van der Waals surface area (Å²) >= 11 is 0. The van der Waals surface area contributed by atoms with Gasteiger partial charge in [-0.15, -0.1) is 0 Å². The topological polar surface area (TPSA) is 7.76 Å². The summed E-state index contributed by atoms with van der Waals surface area (Å²) < 4.78 is 4.42. The molecule has 0 saturated carbocycles. The van der Waals surface area contributed by atoms with Crippen LogP contribution in [0.3, 0.4) is 0 Å². The van der Waals surface area contributed by atoms with E-state index in [-0.39, 0.29) is 0 Å². The maximum atomic E-state index is 2.38. The molecule has 0 aliphatic carbocycles. The molecule has 2 heteroatoms. The number of aryl methyl sites for hydroxylation is 4. The third-order valence-electron chi connectivity index (χ3n) is 5.71. The van der Waals surface area contributed by atoms with E-state index in [4.69, 9.17) is 0 Å². The molecule has 0 fully saturated rings. The maximum Gasteiger partial charge on any atom is 0.172 e. The first kappa shape index (κ1) is 22.6. The van der Waals surface area contributed by atoms with Crippen molar-refractivity contribution in [2.24, 2.45) is 14.1 Å². The van der Waals surface area contributed by atoms with Gasteiger partial charge in [0.05, 0.1) is 0 Å². The fourth-order valence-electron chi connectivity index (χ4n) is 4.43. The van der Waals surface area contributed by atoms with E-state index in [1.807, 2.05) is 0 Å². The van der Waals surface area contributed by atoms with Crippen LogP contribution in [0.15, 0.2) is 36.9 Å². The third kappa shape index (κ3) is 7.73. The van der Waals surface area contributed by atoms with E-state index in [0.29, 0.717) is 5.92 Å². The van der Waals surface area contributed by atoms with Crippen LogP contribution in [0.1, 0.15) is 99.3 Å². The van der Waals surface area contributed by atoms with Crippen LogP contribution in [0.25, 0.3) is 0 Å². The molecule has 0 saturated heterocycles. The first-order valence-corrected chi connectivity index (χ1v) is 11.4. The van der Waals surface area contributed by atoms with E-state index >= 15 is 0 Å². The van der Waals surface area contributed by atoms with Crippen LogP contribution < -0.4 is 9.13 Å². The van der Waals surface area contributed by atoms with Gasteiger partial charge in [-0.3, -0.25) is 0 Å². The molecule has 2 rings (SSSR count). The van der Waals surface area contributed by atoms with E-state index < -0.39 is 0 Å². The summed E-state index contributed by atoms with van der Waals surface area (Å²) in [4.78, 5) is 0. The Labute approximate surface area is 173 Å². The molecule has 2 nitrogen and oxygen atoms in total. The van der Waals surface area contributed by atoms with Crippen LogP contribution >= 0.6 is 0 Å². The van der Waals surface area contributed by atoms with Gasteiger partial charge in [-0.25, -0.2) is 9.13 Å². The van der Waals surface area contributed by atoms with Crippen molar-refractivity contribution in [2.75, 3.05) is 0 Å². The van der Waals surface area contributed by atoms with Crippen molar-refractivity contribution in [3.05, 3.63) is 59.2 Å². The fourth-order valence-corrected chi connectivity index (χ4v) is 4.43. The highest BCUT2D eigenvalue weighted by atomic mass is 14.9. The summed E-state index contributed by atoms with van der Waals surface area (Å²) in [6, 6.07) is 4.75. The summed E-state index contributed by atoms with van der Waals surface area (Å²) in [6.45, 7) is 6.70. The largest absolute Gasteiger partial charge is 0.207 e. The molecule has 0 N–H and O–H groups in total. The molecule has 0 aliphatic heterocycles. The minimum Gasteiger partial charge on any atom is -0.207 e. The fraction of sp³-hybridized carbons (Fsp3) is 0.615. The highest BCUT2D eigenvalue weighted by molar-refractivity contribution is 5.30. The summed E-state index contributed by atoms with van der Waals surface area (Å²) in [5.74, 6) is 0.488. The molecule has 2 aromatic rings. The molecule has 28 heavy (non-hydrogen) atoms. The zero-order chi connectivity index (χ0) is 20.4. The quantitative estimate of drug-likeness (QED) is 0.314. The second-order valence-corrected chi connectivity index (χ2v) is 8.79. The number of hydrogen-bond donors (Lipinski definition) is 0. The Balaban J connectivity index is 1.98. The number of unbranched alkanes of at least 4 members (excludes halogenated alkanes) is 8. The van der Waals surface area contributed by atoms with Gasteiger partial charge in [0.2, 0.25) is 0 Å². The van der Waals surface area contributed by atoms with Crippen molar-refractivity contribution in [1.29, 1.82) is 0 Å². The van der Waals surface area contributed by atoms with Crippen LogP contribution in [-0.4, -0.2) is 0 Å². The van der Waals surface area contributed by atoms with E-state index in [1.54, 1.807) is 0 Å². The Morgan fingerprint density at radius 1 is 0.643 bits per heavy atom. The van der Waals surface area contributed by atoms with Crippen molar-refractivity contribution in [1.82, 2.24) is 0 Å². The predicted molar refractivity (Wildman–Crippen MR) is 118 cm³/mol. The molecule has 0 aromatic carbocycles. The third-order valence-corrected chi connectivity index (χ3v) is 5.71. The highest BCUT2D eigenvalue weighted by Gasteiger charge is 2.20. The predicted octanol–water partition coefficient (Wildman–Crippen LogP) is 6.01. The van der Waals surface area contributed by atoms with Crippen LogP contribution in [-0.2, 0) is 14.1 Å². The van der Waals surface area contributed by atoms with Crippen LogP contribution in [0.5, 0.6) is 0 Å². The van der Waals surface area contributed by atoms with Crippen LogP contribution in [0.4, 0.5) is 0 Å². The molecule has 2 aromatic heterocycles. The van der Waals surface area contributed by atoms with Gasteiger partial charge in [0.1, 0.15) is 14.1 Å². The molecule has 0 atom stereocenters. The number of nitrogens with zero attached hydrogens (tertiary/aromatic N) is 2. The normalized spacial score (nSPS) is 11.4. The lowest BCUT2D eigenvalue weighted by atomic mass is 9.87. The Morgan fingerprint density at radius 3 is 1.50 bits per heavy atom. The van der Waals surface area contributed by atoms with E-state index in [1.165, 1.54) is 86.5 Å². The molecule has 0 unspecified atom stereocenters. The Hall–Kier alpha value is -1.70. The van der Waals surface area contributed by atoms with Gasteiger partial charge in [0.25, 0.3) is 0 Å².